The van der Waals surface area contributed by atoms with Crippen molar-refractivity contribution in [2.75, 3.05) is 18.5 Å². The van der Waals surface area contributed by atoms with E-state index in [0.717, 1.165) is 22.4 Å². The third-order valence-corrected chi connectivity index (χ3v) is 15.2. The third-order valence-electron chi connectivity index (χ3n) is 15.2. The smallest absolute Gasteiger partial charge is 0.338 e. The van der Waals surface area contributed by atoms with Crippen LogP contribution in [-0.4, -0.2) is 88.1 Å². The molecule has 0 bridgehead atoms. The zero-order valence-electron chi connectivity index (χ0n) is 37.6. The van der Waals surface area contributed by atoms with E-state index in [1.807, 2.05) is 24.3 Å². The first-order chi connectivity index (χ1) is 31.8. The molecule has 15 heteroatoms. The first-order valence-corrected chi connectivity index (χ1v) is 22.6. The number of rotatable bonds is 12. The molecular formula is C52H53F2N3O10. The quantitative estimate of drug-likeness (QED) is 0.121. The summed E-state index contributed by atoms with van der Waals surface area (Å²) in [5.74, 6) is -6.36. The van der Waals surface area contributed by atoms with E-state index in [4.69, 9.17) is 24.7 Å². The number of hydrogen-bond acceptors (Lipinski definition) is 12. The van der Waals surface area contributed by atoms with E-state index in [0.29, 0.717) is 24.2 Å². The Morgan fingerprint density at radius 3 is 2.33 bits per heavy atom. The highest BCUT2D eigenvalue weighted by molar-refractivity contribution is 6.02. The maximum Gasteiger partial charge on any atom is 0.338 e. The van der Waals surface area contributed by atoms with Gasteiger partial charge in [0.15, 0.2) is 29.4 Å². The van der Waals surface area contributed by atoms with E-state index in [2.05, 4.69) is 10.3 Å². The molecule has 10 atom stereocenters. The Morgan fingerprint density at radius 2 is 1.63 bits per heavy atom. The van der Waals surface area contributed by atoms with Crippen LogP contribution in [0.5, 0.6) is 0 Å². The van der Waals surface area contributed by atoms with Crippen LogP contribution in [0, 0.1) is 22.7 Å². The molecule has 0 radical (unpaired) electrons. The Kier molecular flexibility index (Phi) is 11.7. The summed E-state index contributed by atoms with van der Waals surface area (Å²) in [6, 6.07) is 20.1. The second-order valence-electron chi connectivity index (χ2n) is 19.4. The summed E-state index contributed by atoms with van der Waals surface area (Å²) in [6.45, 7) is 5.99. The van der Waals surface area contributed by atoms with Crippen LogP contribution < -0.4 is 11.1 Å². The van der Waals surface area contributed by atoms with Crippen LogP contribution in [0.1, 0.15) is 91.1 Å². The number of allylic oxidation sites excluding steroid dienone is 4. The molecule has 4 N–H and O–H groups in total. The van der Waals surface area contributed by atoms with Gasteiger partial charge in [-0.1, -0.05) is 43.3 Å². The molecule has 5 aliphatic rings. The minimum absolute atomic E-state index is 0.00786. The standard InChI is InChI=1S/C52H53F2N3O10/c1-48(2)66-44-24-38-39-23-41(53)40-22-36(58)15-18-49(40,3)51(39,54)42(59)25-50(38,4)52(44,67-48)43(60)28-65-47(63)32-11-9-31(10-12-32)46(62)64-27-29-5-7-30(8-6-29)37(16-19-55)45(61)57-35-14-13-34-26-56-20-17-33(34)21-35/h5-15,17-18,20-22,26,37-39,41-42,44,59H,16,19,23-25,27-28,55H2,1-4H3,(H,57,61)/t37?,38-,39-,41-,42-,44+,49-,50-,51-,52+/m0/s1. The molecule has 0 spiro atoms. The Morgan fingerprint density at radius 1 is 0.925 bits per heavy atom. The van der Waals surface area contributed by atoms with Gasteiger partial charge in [0.1, 0.15) is 12.8 Å². The van der Waals surface area contributed by atoms with Gasteiger partial charge in [0, 0.05) is 40.2 Å². The van der Waals surface area contributed by atoms with Crippen LogP contribution in [0.25, 0.3) is 10.8 Å². The predicted octanol–water partition coefficient (Wildman–Crippen LogP) is 7.21. The largest absolute Gasteiger partial charge is 0.457 e. The van der Waals surface area contributed by atoms with Crippen LogP contribution in [0.3, 0.4) is 0 Å². The highest BCUT2D eigenvalue weighted by atomic mass is 19.1. The van der Waals surface area contributed by atoms with E-state index in [1.165, 1.54) is 43.3 Å². The van der Waals surface area contributed by atoms with Crippen molar-refractivity contribution in [3.05, 3.63) is 131 Å². The van der Waals surface area contributed by atoms with Gasteiger partial charge < -0.3 is 35.1 Å². The van der Waals surface area contributed by atoms with E-state index >= 15 is 8.78 Å². The number of aliphatic hydroxyl groups is 1. The number of nitrogens with two attached hydrogens (primary N) is 1. The first kappa shape index (κ1) is 46.1. The van der Waals surface area contributed by atoms with Crippen molar-refractivity contribution in [1.29, 1.82) is 0 Å². The number of alkyl halides is 2. The number of hydrogen-bond donors (Lipinski definition) is 3. The molecule has 1 aromatic heterocycles. The van der Waals surface area contributed by atoms with Gasteiger partial charge in [0.2, 0.25) is 11.7 Å². The Bertz CT molecular complexity index is 2730. The number of Topliss-reactive ketones (excluding diaryl/α,β-unsaturated/α-hetero) is 1. The number of ether oxygens (including phenoxy) is 4. The van der Waals surface area contributed by atoms with Gasteiger partial charge in [-0.25, -0.2) is 18.4 Å². The zero-order valence-corrected chi connectivity index (χ0v) is 37.6. The van der Waals surface area contributed by atoms with E-state index < -0.39 is 94.1 Å². The maximum atomic E-state index is 17.8. The van der Waals surface area contributed by atoms with Crippen LogP contribution in [-0.2, 0) is 39.9 Å². The highest BCUT2D eigenvalue weighted by Gasteiger charge is 2.80. The SMILES string of the molecule is CC1(C)O[C@@H]2C[C@H]3[C@@H]4C[C@H](F)C5=CC(=O)C=C[C@]5(C)[C@@]4(F)[C@@H](O)C[C@]3(C)[C@]2(C(=O)COC(=O)c2ccc(C(=O)OCc3ccc(C(CCN)C(=O)Nc4ccc5cnccc5c4)cc3)cc2)O1. The lowest BCUT2D eigenvalue weighted by molar-refractivity contribution is -0.248. The fourth-order valence-corrected chi connectivity index (χ4v) is 12.0. The van der Waals surface area contributed by atoms with Crippen LogP contribution in [0.4, 0.5) is 14.5 Å². The number of carbonyl (C=O) groups is 5. The first-order valence-electron chi connectivity index (χ1n) is 22.6. The molecule has 1 unspecified atom stereocenters. The van der Waals surface area contributed by atoms with E-state index in [1.54, 1.807) is 57.4 Å². The van der Waals surface area contributed by atoms with Gasteiger partial charge in [-0.15, -0.1) is 0 Å². The number of amides is 1. The van der Waals surface area contributed by atoms with Gasteiger partial charge >= 0.3 is 11.9 Å². The number of carbonyl (C=O) groups excluding carboxylic acids is 5. The summed E-state index contributed by atoms with van der Waals surface area (Å²) in [5.41, 5.74) is 1.13. The predicted molar refractivity (Wildman–Crippen MR) is 241 cm³/mol. The van der Waals surface area contributed by atoms with Gasteiger partial charge in [0.05, 0.1) is 29.3 Å². The molecule has 3 saturated carbocycles. The third kappa shape index (κ3) is 7.60. The maximum absolute atomic E-state index is 17.8. The van der Waals surface area contributed by atoms with Crippen molar-refractivity contribution < 1.29 is 56.8 Å². The lowest BCUT2D eigenvalue weighted by Gasteiger charge is -2.63. The lowest BCUT2D eigenvalue weighted by Crippen LogP contribution is -2.71. The summed E-state index contributed by atoms with van der Waals surface area (Å²) >= 11 is 0. The average Bonchev–Trinajstić information content (AvgIpc) is 3.72. The molecule has 9 rings (SSSR count). The molecule has 3 aromatic carbocycles. The second-order valence-corrected chi connectivity index (χ2v) is 19.4. The average molecular weight is 918 g/mol. The molecule has 1 saturated heterocycles. The number of nitrogens with one attached hydrogen (secondary N) is 1. The Balaban J connectivity index is 0.826. The van der Waals surface area contributed by atoms with Crippen molar-refractivity contribution in [2.24, 2.45) is 28.4 Å². The number of halogens is 2. The number of aliphatic hydroxyl groups excluding tert-OH is 1. The Labute approximate surface area is 386 Å². The fraction of sp³-hybridized carbons (Fsp3) is 0.423. The number of ketones is 2. The minimum Gasteiger partial charge on any atom is -0.457 e. The van der Waals surface area contributed by atoms with Crippen molar-refractivity contribution in [1.82, 2.24) is 4.98 Å². The number of benzene rings is 3. The van der Waals surface area contributed by atoms with E-state index in [9.17, 15) is 29.1 Å². The van der Waals surface area contributed by atoms with Crippen LogP contribution >= 0.6 is 0 Å². The van der Waals surface area contributed by atoms with Crippen molar-refractivity contribution in [3.63, 3.8) is 0 Å². The van der Waals surface area contributed by atoms with Gasteiger partial charge in [-0.2, -0.15) is 0 Å². The van der Waals surface area contributed by atoms with Gasteiger partial charge in [-0.3, -0.25) is 19.4 Å². The number of fused-ring (bicyclic) bond motifs is 8. The van der Waals surface area contributed by atoms with Gasteiger partial charge in [-0.05, 0) is 136 Å². The fourth-order valence-electron chi connectivity index (χ4n) is 12.0. The summed E-state index contributed by atoms with van der Waals surface area (Å²) < 4.78 is 57.7. The monoisotopic (exact) mass is 917 g/mol. The molecule has 67 heavy (non-hydrogen) atoms. The minimum atomic E-state index is -2.37. The summed E-state index contributed by atoms with van der Waals surface area (Å²) in [4.78, 5) is 70.7. The molecule has 4 fully saturated rings. The molecule has 2 heterocycles. The summed E-state index contributed by atoms with van der Waals surface area (Å²) in [6.07, 6.45) is 2.84. The number of aromatic nitrogens is 1. The molecule has 350 valence electrons. The zero-order chi connectivity index (χ0) is 47.7. The van der Waals surface area contributed by atoms with Crippen molar-refractivity contribution in [3.8, 4) is 0 Å². The highest BCUT2D eigenvalue weighted by Crippen LogP contribution is 2.72. The second kappa shape index (κ2) is 17.0. The molecule has 4 aliphatic carbocycles. The van der Waals surface area contributed by atoms with Crippen molar-refractivity contribution in [2.45, 2.75) is 101 Å². The normalized spacial score (nSPS) is 31.7. The van der Waals surface area contributed by atoms with Crippen molar-refractivity contribution >= 4 is 45.9 Å². The molecule has 1 aliphatic heterocycles. The molecule has 13 nitrogen and oxygen atoms in total. The Hall–Kier alpha value is -6.00. The van der Waals surface area contributed by atoms with Crippen LogP contribution in [0.2, 0.25) is 0 Å². The molecule has 4 aromatic rings. The number of pyridine rings is 1. The topological polar surface area (TPSA) is 193 Å². The summed E-state index contributed by atoms with van der Waals surface area (Å²) in [7, 11) is 0. The van der Waals surface area contributed by atoms with E-state index in [-0.39, 0.29) is 48.5 Å². The number of esters is 2. The molecular weight excluding hydrogens is 865 g/mol. The number of nitrogens with zero attached hydrogens (tertiary/aromatic N) is 1. The molecule has 1 amide bonds. The van der Waals surface area contributed by atoms with Crippen LogP contribution in [0.15, 0.2) is 109 Å². The number of anilines is 1. The lowest BCUT2D eigenvalue weighted by atomic mass is 9.44. The van der Waals surface area contributed by atoms with Gasteiger partial charge in [0.25, 0.3) is 0 Å². The summed E-state index contributed by atoms with van der Waals surface area (Å²) in [5, 5.41) is 16.7.